The van der Waals surface area contributed by atoms with E-state index in [-0.39, 0.29) is 43.6 Å². The van der Waals surface area contributed by atoms with E-state index < -0.39 is 56.9 Å². The molecule has 5 rings (SSSR count). The summed E-state index contributed by atoms with van der Waals surface area (Å²) in [7, 11) is -3.71. The smallest absolute Gasteiger partial charge is 0.349 e. The Morgan fingerprint density at radius 2 is 1.79 bits per heavy atom. The summed E-state index contributed by atoms with van der Waals surface area (Å²) in [6, 6.07) is 5.62. The number of fused-ring (bicyclic) bond motifs is 2. The maximum absolute atomic E-state index is 12.9. The third-order valence-corrected chi connectivity index (χ3v) is 10.7. The zero-order chi connectivity index (χ0) is 33.8. The summed E-state index contributed by atoms with van der Waals surface area (Å²) in [4.78, 5) is 53.7. The molecule has 1 aliphatic carbocycles. The monoisotopic (exact) mass is 670 g/mol. The fourth-order valence-corrected chi connectivity index (χ4v) is 8.28. The summed E-state index contributed by atoms with van der Waals surface area (Å²) < 4.78 is 41.7. The van der Waals surface area contributed by atoms with Crippen LogP contribution >= 0.6 is 0 Å². The fraction of sp³-hybridized carbons (Fsp3) is 0.606. The Hall–Kier alpha value is -3.80. The SMILES string of the molecule is CC(C)CS(=O)(=O)C[C@H](C(=O)COCCOCCNC(=O)c1cc2cc3c4c(c2oc1=O)CCCN4CCC3)C(=O)NC1(C#N)CC1. The first-order valence-corrected chi connectivity index (χ1v) is 18.0. The number of anilines is 1. The lowest BCUT2D eigenvalue weighted by Gasteiger charge is -2.37. The molecule has 14 heteroatoms. The van der Waals surface area contributed by atoms with E-state index in [2.05, 4.69) is 15.5 Å². The third-order valence-electron chi connectivity index (χ3n) is 8.65. The topological polar surface area (TPSA) is 185 Å². The van der Waals surface area contributed by atoms with Gasteiger partial charge < -0.3 is 29.4 Å². The highest BCUT2D eigenvalue weighted by Gasteiger charge is 2.47. The summed E-state index contributed by atoms with van der Waals surface area (Å²) in [5.74, 6) is -4.57. The van der Waals surface area contributed by atoms with Crippen molar-refractivity contribution in [2.75, 3.05) is 62.5 Å². The molecule has 1 aromatic carbocycles. The minimum absolute atomic E-state index is 0.0206. The molecule has 3 aliphatic rings. The maximum Gasteiger partial charge on any atom is 0.349 e. The fourth-order valence-electron chi connectivity index (χ4n) is 6.29. The Morgan fingerprint density at radius 3 is 2.49 bits per heavy atom. The van der Waals surface area contributed by atoms with Crippen molar-refractivity contribution >= 4 is 44.1 Å². The minimum atomic E-state index is -3.71. The van der Waals surface area contributed by atoms with E-state index in [1.165, 1.54) is 11.3 Å². The molecular weight excluding hydrogens is 628 g/mol. The zero-order valence-electron chi connectivity index (χ0n) is 26.9. The maximum atomic E-state index is 12.9. The lowest BCUT2D eigenvalue weighted by Crippen LogP contribution is -2.46. The molecule has 1 atom stereocenters. The molecule has 47 heavy (non-hydrogen) atoms. The number of Topliss-reactive ketones (excluding diaryl/α,β-unsaturated/α-hetero) is 1. The highest BCUT2D eigenvalue weighted by Crippen LogP contribution is 2.39. The Balaban J connectivity index is 1.07. The van der Waals surface area contributed by atoms with Gasteiger partial charge in [0.15, 0.2) is 15.6 Å². The number of carbonyl (C=O) groups excluding carboxylic acids is 3. The number of hydrogen-bond donors (Lipinski definition) is 2. The van der Waals surface area contributed by atoms with Gasteiger partial charge in [0.05, 0.1) is 37.4 Å². The number of hydrogen-bond acceptors (Lipinski definition) is 11. The Labute approximate surface area is 273 Å². The third kappa shape index (κ3) is 8.38. The lowest BCUT2D eigenvalue weighted by molar-refractivity contribution is -0.136. The van der Waals surface area contributed by atoms with Crippen LogP contribution in [0.2, 0.25) is 0 Å². The van der Waals surface area contributed by atoms with Crippen LogP contribution < -0.4 is 21.2 Å². The van der Waals surface area contributed by atoms with Crippen molar-refractivity contribution in [1.29, 1.82) is 5.26 Å². The van der Waals surface area contributed by atoms with Gasteiger partial charge in [-0.05, 0) is 62.1 Å². The molecule has 2 aromatic rings. The first-order chi connectivity index (χ1) is 22.4. The molecule has 0 saturated heterocycles. The van der Waals surface area contributed by atoms with Gasteiger partial charge in [-0.15, -0.1) is 0 Å². The molecule has 2 N–H and O–H groups in total. The van der Waals surface area contributed by atoms with Crippen LogP contribution in [0, 0.1) is 23.2 Å². The molecule has 1 fully saturated rings. The van der Waals surface area contributed by atoms with Crippen LogP contribution in [-0.4, -0.2) is 89.1 Å². The minimum Gasteiger partial charge on any atom is -0.422 e. The van der Waals surface area contributed by atoms with E-state index in [4.69, 9.17) is 13.9 Å². The van der Waals surface area contributed by atoms with E-state index in [1.807, 2.05) is 12.1 Å². The molecule has 1 saturated carbocycles. The van der Waals surface area contributed by atoms with Gasteiger partial charge in [-0.2, -0.15) is 5.26 Å². The number of nitrogens with zero attached hydrogens (tertiary/aromatic N) is 2. The van der Waals surface area contributed by atoms with Crippen LogP contribution in [-0.2, 0) is 41.7 Å². The number of nitrogens with one attached hydrogen (secondary N) is 2. The number of benzene rings is 1. The number of aryl methyl sites for hydroxylation is 2. The van der Waals surface area contributed by atoms with E-state index in [1.54, 1.807) is 19.9 Å². The molecule has 2 amide bonds. The van der Waals surface area contributed by atoms with Crippen LogP contribution in [0.4, 0.5) is 5.69 Å². The molecule has 0 radical (unpaired) electrons. The molecule has 3 heterocycles. The summed E-state index contributed by atoms with van der Waals surface area (Å²) in [5.41, 5.74) is 2.19. The molecule has 13 nitrogen and oxygen atoms in total. The number of sulfone groups is 1. The molecule has 2 aliphatic heterocycles. The number of ether oxygens (including phenoxy) is 2. The van der Waals surface area contributed by atoms with E-state index >= 15 is 0 Å². The van der Waals surface area contributed by atoms with Crippen LogP contribution in [0.3, 0.4) is 0 Å². The first kappa shape index (κ1) is 34.5. The van der Waals surface area contributed by atoms with Crippen molar-refractivity contribution in [3.63, 3.8) is 0 Å². The van der Waals surface area contributed by atoms with E-state index in [0.29, 0.717) is 18.4 Å². The van der Waals surface area contributed by atoms with Crippen LogP contribution in [0.1, 0.15) is 61.0 Å². The highest BCUT2D eigenvalue weighted by molar-refractivity contribution is 7.91. The van der Waals surface area contributed by atoms with Crippen molar-refractivity contribution in [2.24, 2.45) is 11.8 Å². The van der Waals surface area contributed by atoms with Gasteiger partial charge in [-0.25, -0.2) is 13.2 Å². The molecular formula is C33H42N4O9S. The largest absolute Gasteiger partial charge is 0.422 e. The second-order valence-electron chi connectivity index (χ2n) is 13.0. The Kier molecular flexibility index (Phi) is 10.7. The van der Waals surface area contributed by atoms with Gasteiger partial charge >= 0.3 is 5.63 Å². The van der Waals surface area contributed by atoms with Crippen molar-refractivity contribution in [1.82, 2.24) is 10.6 Å². The van der Waals surface area contributed by atoms with Crippen molar-refractivity contribution in [3.8, 4) is 6.07 Å². The summed E-state index contributed by atoms with van der Waals surface area (Å²) in [6.07, 6.45) is 4.72. The molecule has 1 aromatic heterocycles. The van der Waals surface area contributed by atoms with Gasteiger partial charge in [-0.1, -0.05) is 13.8 Å². The summed E-state index contributed by atoms with van der Waals surface area (Å²) >= 11 is 0. The summed E-state index contributed by atoms with van der Waals surface area (Å²) in [6.45, 7) is 5.20. The number of ketones is 1. The molecule has 254 valence electrons. The Morgan fingerprint density at radius 1 is 1.06 bits per heavy atom. The molecule has 0 spiro atoms. The molecule has 0 bridgehead atoms. The average molecular weight is 671 g/mol. The second-order valence-corrected chi connectivity index (χ2v) is 15.2. The Bertz CT molecular complexity index is 1740. The number of nitriles is 1. The van der Waals surface area contributed by atoms with E-state index in [9.17, 15) is 32.9 Å². The lowest BCUT2D eigenvalue weighted by atomic mass is 9.90. The van der Waals surface area contributed by atoms with Crippen LogP contribution in [0.5, 0.6) is 0 Å². The van der Waals surface area contributed by atoms with Gasteiger partial charge in [0.2, 0.25) is 5.91 Å². The molecule has 0 unspecified atom stereocenters. The number of rotatable bonds is 16. The number of amides is 2. The number of carbonyl (C=O) groups is 3. The van der Waals surface area contributed by atoms with E-state index in [0.717, 1.165) is 49.7 Å². The van der Waals surface area contributed by atoms with Gasteiger partial charge in [0.1, 0.15) is 29.2 Å². The van der Waals surface area contributed by atoms with Gasteiger partial charge in [-0.3, -0.25) is 14.4 Å². The normalized spacial score (nSPS) is 17.1. The van der Waals surface area contributed by atoms with Crippen LogP contribution in [0.15, 0.2) is 21.3 Å². The quantitative estimate of drug-likeness (QED) is 0.150. The zero-order valence-corrected chi connectivity index (χ0v) is 27.7. The van der Waals surface area contributed by atoms with Gasteiger partial charge in [0, 0.05) is 36.3 Å². The van der Waals surface area contributed by atoms with Crippen molar-refractivity contribution < 1.29 is 36.7 Å². The van der Waals surface area contributed by atoms with Crippen molar-refractivity contribution in [3.05, 3.63) is 39.2 Å². The predicted octanol–water partition coefficient (Wildman–Crippen LogP) is 1.68. The van der Waals surface area contributed by atoms with Crippen LogP contribution in [0.25, 0.3) is 11.0 Å². The standard InChI is InChI=1S/C33H42N4O9S/c1-21(2)18-47(42,43)19-26(31(40)36-33(20-34)7-8-33)27(38)17-45-14-13-44-12-9-35-30(39)25-16-23-15-22-5-3-10-37-11-4-6-24(28(22)37)29(23)46-32(25)41/h15-16,21,26H,3-14,17-19H2,1-2H3,(H,35,39)(H,36,40)/t26-/m1/s1. The van der Waals surface area contributed by atoms with Gasteiger partial charge in [0.25, 0.3) is 5.91 Å². The highest BCUT2D eigenvalue weighted by atomic mass is 32.2. The second kappa shape index (κ2) is 14.5. The first-order valence-electron chi connectivity index (χ1n) is 16.2. The summed E-state index contributed by atoms with van der Waals surface area (Å²) in [5, 5.41) is 15.2. The van der Waals surface area contributed by atoms with Crippen molar-refractivity contribution in [2.45, 2.75) is 57.9 Å². The predicted molar refractivity (Wildman–Crippen MR) is 173 cm³/mol. The average Bonchev–Trinajstić information content (AvgIpc) is 3.80.